The zero-order valence-electron chi connectivity index (χ0n) is 15.4. The number of carbonyl (C=O) groups excluding carboxylic acids is 1. The number of aryl methyl sites for hydroxylation is 1. The Kier molecular flexibility index (Phi) is 6.49. The van der Waals surface area contributed by atoms with Crippen molar-refractivity contribution in [3.8, 4) is 0 Å². The van der Waals surface area contributed by atoms with Crippen molar-refractivity contribution < 1.29 is 17.7 Å². The highest BCUT2D eigenvalue weighted by Crippen LogP contribution is 2.17. The highest BCUT2D eigenvalue weighted by atomic mass is 32.2. The van der Waals surface area contributed by atoms with E-state index in [0.717, 1.165) is 4.31 Å². The van der Waals surface area contributed by atoms with Crippen LogP contribution in [-0.2, 0) is 21.2 Å². The van der Waals surface area contributed by atoms with Gasteiger partial charge in [-0.2, -0.15) is 4.98 Å². The summed E-state index contributed by atoms with van der Waals surface area (Å²) in [5, 5.41) is 6.63. The Hall–Kier alpha value is -2.26. The molecule has 0 saturated heterocycles. The third kappa shape index (κ3) is 5.12. The van der Waals surface area contributed by atoms with E-state index in [9.17, 15) is 13.2 Å². The number of aromatic nitrogens is 2. The van der Waals surface area contributed by atoms with E-state index in [1.807, 2.05) is 13.8 Å². The van der Waals surface area contributed by atoms with Gasteiger partial charge in [0.2, 0.25) is 21.8 Å². The summed E-state index contributed by atoms with van der Waals surface area (Å²) in [5.74, 6) is 1.24. The van der Waals surface area contributed by atoms with Crippen molar-refractivity contribution in [1.29, 1.82) is 0 Å². The first-order chi connectivity index (χ1) is 12.2. The van der Waals surface area contributed by atoms with Gasteiger partial charge in [-0.1, -0.05) is 19.0 Å². The molecule has 2 rings (SSSR count). The lowest BCUT2D eigenvalue weighted by molar-refractivity contribution is -0.116. The Morgan fingerprint density at radius 1 is 1.23 bits per heavy atom. The zero-order valence-corrected chi connectivity index (χ0v) is 16.2. The molecule has 1 aromatic carbocycles. The van der Waals surface area contributed by atoms with E-state index in [4.69, 9.17) is 4.52 Å². The van der Waals surface area contributed by atoms with E-state index >= 15 is 0 Å². The van der Waals surface area contributed by atoms with Crippen LogP contribution in [0.2, 0.25) is 0 Å². The number of hydrogen-bond donors (Lipinski definition) is 1. The molecule has 26 heavy (non-hydrogen) atoms. The number of nitrogens with zero attached hydrogens (tertiary/aromatic N) is 3. The third-order valence-corrected chi connectivity index (χ3v) is 5.54. The van der Waals surface area contributed by atoms with Gasteiger partial charge in [0.25, 0.3) is 0 Å². The van der Waals surface area contributed by atoms with E-state index in [1.165, 1.54) is 26.2 Å². The Balaban J connectivity index is 1.84. The van der Waals surface area contributed by atoms with Crippen molar-refractivity contribution in [2.24, 2.45) is 0 Å². The molecule has 1 aromatic heterocycles. The second kappa shape index (κ2) is 8.41. The highest BCUT2D eigenvalue weighted by Gasteiger charge is 2.16. The Morgan fingerprint density at radius 2 is 1.88 bits per heavy atom. The molecule has 1 N–H and O–H groups in total. The van der Waals surface area contributed by atoms with Crippen LogP contribution in [0.25, 0.3) is 0 Å². The van der Waals surface area contributed by atoms with Crippen LogP contribution in [0.1, 0.15) is 44.3 Å². The summed E-state index contributed by atoms with van der Waals surface area (Å²) in [7, 11) is -0.532. The number of sulfonamides is 1. The number of nitrogens with one attached hydrogen (secondary N) is 1. The summed E-state index contributed by atoms with van der Waals surface area (Å²) in [4.78, 5) is 16.4. The van der Waals surface area contributed by atoms with Crippen LogP contribution < -0.4 is 5.32 Å². The molecule has 1 heterocycles. The summed E-state index contributed by atoms with van der Waals surface area (Å²) >= 11 is 0. The molecule has 0 aliphatic rings. The van der Waals surface area contributed by atoms with E-state index in [0.29, 0.717) is 36.7 Å². The molecule has 9 heteroatoms. The van der Waals surface area contributed by atoms with Crippen LogP contribution in [0.3, 0.4) is 0 Å². The number of rotatable bonds is 8. The number of anilines is 1. The largest absolute Gasteiger partial charge is 0.339 e. The van der Waals surface area contributed by atoms with E-state index in [1.54, 1.807) is 12.1 Å². The Bertz CT molecular complexity index is 842. The van der Waals surface area contributed by atoms with Crippen LogP contribution in [0.5, 0.6) is 0 Å². The van der Waals surface area contributed by atoms with Gasteiger partial charge in [-0.25, -0.2) is 12.7 Å². The first kappa shape index (κ1) is 20.1. The maximum absolute atomic E-state index is 12.0. The summed E-state index contributed by atoms with van der Waals surface area (Å²) in [6.07, 6.45) is 1.42. The van der Waals surface area contributed by atoms with Crippen LogP contribution in [0.4, 0.5) is 5.69 Å². The molecule has 8 nitrogen and oxygen atoms in total. The third-order valence-electron chi connectivity index (χ3n) is 3.71. The van der Waals surface area contributed by atoms with Crippen molar-refractivity contribution >= 4 is 21.6 Å². The molecule has 0 fully saturated rings. The molecule has 0 spiro atoms. The van der Waals surface area contributed by atoms with Crippen molar-refractivity contribution in [3.05, 3.63) is 36.0 Å². The number of amides is 1. The molecule has 0 atom stereocenters. The van der Waals surface area contributed by atoms with Gasteiger partial charge < -0.3 is 9.84 Å². The fourth-order valence-electron chi connectivity index (χ4n) is 2.15. The molecule has 1 amide bonds. The van der Waals surface area contributed by atoms with Crippen LogP contribution in [-0.4, -0.2) is 42.9 Å². The van der Waals surface area contributed by atoms with Crippen LogP contribution >= 0.6 is 0 Å². The first-order valence-corrected chi connectivity index (χ1v) is 9.79. The van der Waals surface area contributed by atoms with E-state index in [2.05, 4.69) is 15.5 Å². The average molecular weight is 380 g/mol. The van der Waals surface area contributed by atoms with Crippen molar-refractivity contribution in [2.75, 3.05) is 19.4 Å². The van der Waals surface area contributed by atoms with Crippen molar-refractivity contribution in [3.63, 3.8) is 0 Å². The van der Waals surface area contributed by atoms with Gasteiger partial charge in [-0.3, -0.25) is 4.79 Å². The van der Waals surface area contributed by atoms with Gasteiger partial charge in [0.05, 0.1) is 4.90 Å². The molecule has 0 aliphatic heterocycles. The monoisotopic (exact) mass is 380 g/mol. The second-order valence-corrected chi connectivity index (χ2v) is 8.57. The molecule has 2 aromatic rings. The van der Waals surface area contributed by atoms with Crippen LogP contribution in [0.15, 0.2) is 33.7 Å². The summed E-state index contributed by atoms with van der Waals surface area (Å²) < 4.78 is 30.3. The second-order valence-electron chi connectivity index (χ2n) is 6.41. The fourth-order valence-corrected chi connectivity index (χ4v) is 3.05. The molecule has 0 unspecified atom stereocenters. The first-order valence-electron chi connectivity index (χ1n) is 8.35. The Morgan fingerprint density at radius 3 is 2.42 bits per heavy atom. The molecular formula is C17H24N4O4S. The topological polar surface area (TPSA) is 105 Å². The lowest BCUT2D eigenvalue weighted by Gasteiger charge is -2.12. The minimum absolute atomic E-state index is 0.156. The van der Waals surface area contributed by atoms with Gasteiger partial charge in [0.15, 0.2) is 5.82 Å². The summed E-state index contributed by atoms with van der Waals surface area (Å²) in [5.41, 5.74) is 0.549. The molecule has 0 radical (unpaired) electrons. The van der Waals surface area contributed by atoms with Gasteiger partial charge >= 0.3 is 0 Å². The number of hydrogen-bond acceptors (Lipinski definition) is 6. The normalized spacial score (nSPS) is 11.9. The maximum Gasteiger partial charge on any atom is 0.242 e. The van der Waals surface area contributed by atoms with Gasteiger partial charge in [-0.15, -0.1) is 0 Å². The Labute approximate surface area is 153 Å². The summed E-state index contributed by atoms with van der Waals surface area (Å²) in [6, 6.07) is 6.08. The maximum atomic E-state index is 12.0. The summed E-state index contributed by atoms with van der Waals surface area (Å²) in [6.45, 7) is 3.97. The van der Waals surface area contributed by atoms with Gasteiger partial charge in [0.1, 0.15) is 0 Å². The lowest BCUT2D eigenvalue weighted by Crippen LogP contribution is -2.22. The lowest BCUT2D eigenvalue weighted by atomic mass is 10.2. The quantitative estimate of drug-likeness (QED) is 0.754. The molecule has 0 saturated carbocycles. The molecular weight excluding hydrogens is 356 g/mol. The zero-order chi connectivity index (χ0) is 19.3. The van der Waals surface area contributed by atoms with E-state index in [-0.39, 0.29) is 16.7 Å². The smallest absolute Gasteiger partial charge is 0.242 e. The predicted octanol–water partition coefficient (Wildman–Crippen LogP) is 2.40. The van der Waals surface area contributed by atoms with Crippen molar-refractivity contribution in [2.45, 2.75) is 43.9 Å². The minimum atomic E-state index is -3.47. The van der Waals surface area contributed by atoms with E-state index < -0.39 is 10.0 Å². The number of carbonyl (C=O) groups is 1. The van der Waals surface area contributed by atoms with Gasteiger partial charge in [0, 0.05) is 38.5 Å². The number of benzene rings is 1. The average Bonchev–Trinajstić information content (AvgIpc) is 3.04. The molecule has 142 valence electrons. The highest BCUT2D eigenvalue weighted by molar-refractivity contribution is 7.89. The minimum Gasteiger partial charge on any atom is -0.339 e. The fraction of sp³-hybridized carbons (Fsp3) is 0.471. The van der Waals surface area contributed by atoms with Crippen molar-refractivity contribution in [1.82, 2.24) is 14.4 Å². The van der Waals surface area contributed by atoms with Gasteiger partial charge in [-0.05, 0) is 30.7 Å². The standard InChI is InChI=1S/C17H24N4O4S/c1-12(2)17-19-16(25-20-17)7-5-6-15(22)18-13-8-10-14(11-9-13)26(23,24)21(3)4/h8-12H,5-7H2,1-4H3,(H,18,22). The molecule has 0 aliphatic carbocycles. The SMILES string of the molecule is CC(C)c1noc(CCCC(=O)Nc2ccc(S(=O)(=O)N(C)C)cc2)n1. The molecule has 0 bridgehead atoms. The predicted molar refractivity (Wildman–Crippen MR) is 97.3 cm³/mol. The van der Waals surface area contributed by atoms with Crippen LogP contribution in [0, 0.1) is 0 Å².